The SMILES string of the molecule is C#CCSc1cc(N)nc(C(F)(F)F)n1. The average molecular weight is 233 g/mol. The van der Waals surface area contributed by atoms with Gasteiger partial charge in [-0.15, -0.1) is 6.42 Å². The lowest BCUT2D eigenvalue weighted by Crippen LogP contribution is -2.12. The minimum Gasteiger partial charge on any atom is -0.384 e. The summed E-state index contributed by atoms with van der Waals surface area (Å²) in [6.45, 7) is 0. The fraction of sp³-hybridized carbons (Fsp3) is 0.250. The number of alkyl halides is 3. The van der Waals surface area contributed by atoms with Gasteiger partial charge in [-0.05, 0) is 0 Å². The normalized spacial score (nSPS) is 11.1. The Kier molecular flexibility index (Phi) is 3.42. The topological polar surface area (TPSA) is 51.8 Å². The van der Waals surface area contributed by atoms with Gasteiger partial charge in [0.2, 0.25) is 5.82 Å². The lowest BCUT2D eigenvalue weighted by molar-refractivity contribution is -0.145. The Morgan fingerprint density at radius 1 is 1.47 bits per heavy atom. The van der Waals surface area contributed by atoms with E-state index in [1.807, 2.05) is 0 Å². The van der Waals surface area contributed by atoms with E-state index >= 15 is 0 Å². The van der Waals surface area contributed by atoms with Crippen molar-refractivity contribution in [3.63, 3.8) is 0 Å². The van der Waals surface area contributed by atoms with Gasteiger partial charge in [-0.2, -0.15) is 13.2 Å². The molecule has 0 saturated heterocycles. The lowest BCUT2D eigenvalue weighted by atomic mass is 10.5. The average Bonchev–Trinajstić information content (AvgIpc) is 2.12. The molecule has 0 aliphatic heterocycles. The Morgan fingerprint density at radius 2 is 2.13 bits per heavy atom. The lowest BCUT2D eigenvalue weighted by Gasteiger charge is -2.06. The molecule has 1 aromatic heterocycles. The van der Waals surface area contributed by atoms with Crippen molar-refractivity contribution in [2.75, 3.05) is 11.5 Å². The molecule has 0 aliphatic rings. The van der Waals surface area contributed by atoms with Gasteiger partial charge in [-0.25, -0.2) is 9.97 Å². The molecule has 0 radical (unpaired) electrons. The quantitative estimate of drug-likeness (QED) is 0.481. The van der Waals surface area contributed by atoms with Crippen LogP contribution in [-0.4, -0.2) is 15.7 Å². The number of aromatic nitrogens is 2. The first-order valence-corrected chi connectivity index (χ1v) is 4.70. The molecule has 1 rings (SSSR count). The number of hydrogen-bond donors (Lipinski definition) is 1. The monoisotopic (exact) mass is 233 g/mol. The highest BCUT2D eigenvalue weighted by molar-refractivity contribution is 7.99. The van der Waals surface area contributed by atoms with Gasteiger partial charge in [0.25, 0.3) is 0 Å². The zero-order chi connectivity index (χ0) is 11.5. The Bertz CT molecular complexity index is 397. The maximum absolute atomic E-state index is 12.2. The van der Waals surface area contributed by atoms with E-state index < -0.39 is 12.0 Å². The number of hydrogen-bond acceptors (Lipinski definition) is 4. The minimum atomic E-state index is -4.60. The maximum atomic E-state index is 12.2. The van der Waals surface area contributed by atoms with Crippen molar-refractivity contribution in [1.29, 1.82) is 0 Å². The number of halogens is 3. The number of terminal acetylenes is 1. The van der Waals surface area contributed by atoms with E-state index in [9.17, 15) is 13.2 Å². The third-order valence-corrected chi connectivity index (χ3v) is 2.10. The van der Waals surface area contributed by atoms with Gasteiger partial charge in [0.15, 0.2) is 0 Å². The molecule has 0 saturated carbocycles. The molecule has 0 bridgehead atoms. The second-order valence-electron chi connectivity index (χ2n) is 2.45. The summed E-state index contributed by atoms with van der Waals surface area (Å²) in [6.07, 6.45) is 0.374. The molecule has 0 aromatic carbocycles. The van der Waals surface area contributed by atoms with Crippen molar-refractivity contribution >= 4 is 17.6 Å². The second kappa shape index (κ2) is 4.40. The van der Waals surface area contributed by atoms with Crippen molar-refractivity contribution in [2.45, 2.75) is 11.2 Å². The Labute approximate surface area is 88.3 Å². The smallest absolute Gasteiger partial charge is 0.384 e. The Balaban J connectivity index is 3.01. The van der Waals surface area contributed by atoms with E-state index in [4.69, 9.17) is 12.2 Å². The van der Waals surface area contributed by atoms with Gasteiger partial charge >= 0.3 is 6.18 Å². The maximum Gasteiger partial charge on any atom is 0.451 e. The van der Waals surface area contributed by atoms with Crippen molar-refractivity contribution < 1.29 is 13.2 Å². The third-order valence-electron chi connectivity index (χ3n) is 1.28. The molecule has 0 unspecified atom stereocenters. The number of rotatable bonds is 2. The second-order valence-corrected chi connectivity index (χ2v) is 3.44. The first-order valence-electron chi connectivity index (χ1n) is 3.71. The van der Waals surface area contributed by atoms with E-state index in [-0.39, 0.29) is 16.6 Å². The highest BCUT2D eigenvalue weighted by atomic mass is 32.2. The molecule has 3 nitrogen and oxygen atoms in total. The van der Waals surface area contributed by atoms with E-state index in [1.165, 1.54) is 6.07 Å². The van der Waals surface area contributed by atoms with E-state index in [2.05, 4.69) is 15.9 Å². The highest BCUT2D eigenvalue weighted by Crippen LogP contribution is 2.28. The van der Waals surface area contributed by atoms with Crippen LogP contribution in [-0.2, 0) is 6.18 Å². The van der Waals surface area contributed by atoms with Crippen LogP contribution in [0.4, 0.5) is 19.0 Å². The van der Waals surface area contributed by atoms with Crippen molar-refractivity contribution in [3.8, 4) is 12.3 Å². The van der Waals surface area contributed by atoms with Crippen LogP contribution < -0.4 is 5.73 Å². The van der Waals surface area contributed by atoms with E-state index in [0.717, 1.165) is 11.8 Å². The molecule has 80 valence electrons. The van der Waals surface area contributed by atoms with Crippen LogP contribution in [0.2, 0.25) is 0 Å². The van der Waals surface area contributed by atoms with Gasteiger partial charge in [0, 0.05) is 6.07 Å². The van der Waals surface area contributed by atoms with Crippen molar-refractivity contribution in [2.24, 2.45) is 0 Å². The van der Waals surface area contributed by atoms with Gasteiger partial charge in [-0.1, -0.05) is 17.7 Å². The molecule has 0 spiro atoms. The first-order chi connectivity index (χ1) is 6.93. The third kappa shape index (κ3) is 3.32. The number of anilines is 1. The number of nitrogen functional groups attached to an aromatic ring is 1. The van der Waals surface area contributed by atoms with E-state index in [1.54, 1.807) is 0 Å². The number of nitrogens with zero attached hydrogens (tertiary/aromatic N) is 2. The molecule has 0 amide bonds. The standard InChI is InChI=1S/C8H6F3N3S/c1-2-3-15-6-4-5(12)13-7(14-6)8(9,10)11/h1,4H,3H2,(H2,12,13,14). The predicted octanol–water partition coefficient (Wildman–Crippen LogP) is 1.80. The zero-order valence-electron chi connectivity index (χ0n) is 7.38. The summed E-state index contributed by atoms with van der Waals surface area (Å²) in [6, 6.07) is 1.25. The molecule has 2 N–H and O–H groups in total. The number of thioether (sulfide) groups is 1. The summed E-state index contributed by atoms with van der Waals surface area (Å²) < 4.78 is 36.7. The van der Waals surface area contributed by atoms with Crippen molar-refractivity contribution in [1.82, 2.24) is 9.97 Å². The fourth-order valence-corrected chi connectivity index (χ4v) is 1.35. The number of nitrogens with two attached hydrogens (primary N) is 1. The molecule has 0 aliphatic carbocycles. The van der Waals surface area contributed by atoms with Crippen LogP contribution in [0.5, 0.6) is 0 Å². The zero-order valence-corrected chi connectivity index (χ0v) is 8.19. The summed E-state index contributed by atoms with van der Waals surface area (Å²) in [5, 5.41) is 0.118. The van der Waals surface area contributed by atoms with Crippen LogP contribution in [0, 0.1) is 12.3 Å². The molecule has 0 fully saturated rings. The van der Waals surface area contributed by atoms with Gasteiger partial charge in [0.1, 0.15) is 10.8 Å². The Hall–Kier alpha value is -1.42. The summed E-state index contributed by atoms with van der Waals surface area (Å²) in [7, 11) is 0. The first kappa shape index (κ1) is 11.7. The summed E-state index contributed by atoms with van der Waals surface area (Å²) in [5.74, 6) is 1.03. The molecule has 1 heterocycles. The van der Waals surface area contributed by atoms with Crippen LogP contribution in [0.25, 0.3) is 0 Å². The van der Waals surface area contributed by atoms with Crippen LogP contribution in [0.3, 0.4) is 0 Å². The van der Waals surface area contributed by atoms with Crippen LogP contribution in [0.1, 0.15) is 5.82 Å². The molecule has 1 aromatic rings. The van der Waals surface area contributed by atoms with Crippen LogP contribution >= 0.6 is 11.8 Å². The van der Waals surface area contributed by atoms with Gasteiger partial charge < -0.3 is 5.73 Å². The van der Waals surface area contributed by atoms with Crippen LogP contribution in [0.15, 0.2) is 11.1 Å². The largest absolute Gasteiger partial charge is 0.451 e. The Morgan fingerprint density at radius 3 is 2.67 bits per heavy atom. The summed E-state index contributed by atoms with van der Waals surface area (Å²) in [5.41, 5.74) is 5.21. The molecule has 0 atom stereocenters. The molecule has 7 heteroatoms. The van der Waals surface area contributed by atoms with Gasteiger partial charge in [-0.3, -0.25) is 0 Å². The minimum absolute atomic E-state index is 0.118. The molecule has 15 heavy (non-hydrogen) atoms. The van der Waals surface area contributed by atoms with E-state index in [0.29, 0.717) is 0 Å². The van der Waals surface area contributed by atoms with Gasteiger partial charge in [0.05, 0.1) is 5.75 Å². The molecular weight excluding hydrogens is 227 g/mol. The fourth-order valence-electron chi connectivity index (χ4n) is 0.759. The van der Waals surface area contributed by atoms with Crippen molar-refractivity contribution in [3.05, 3.63) is 11.9 Å². The summed E-state index contributed by atoms with van der Waals surface area (Å²) in [4.78, 5) is 6.38. The molecular formula is C8H6F3N3S. The summed E-state index contributed by atoms with van der Waals surface area (Å²) >= 11 is 0.998. The highest BCUT2D eigenvalue weighted by Gasteiger charge is 2.35. The predicted molar refractivity (Wildman–Crippen MR) is 51.0 cm³/mol.